The van der Waals surface area contributed by atoms with E-state index in [9.17, 15) is 18.4 Å². The lowest BCUT2D eigenvalue weighted by Gasteiger charge is -2.14. The summed E-state index contributed by atoms with van der Waals surface area (Å²) in [6.07, 6.45) is 1.29. The van der Waals surface area contributed by atoms with Gasteiger partial charge >= 0.3 is 0 Å². The van der Waals surface area contributed by atoms with Gasteiger partial charge in [0.1, 0.15) is 23.5 Å². The van der Waals surface area contributed by atoms with Crippen LogP contribution in [0.4, 0.5) is 14.5 Å². The molecule has 2 aromatic carbocycles. The third-order valence-electron chi connectivity index (χ3n) is 5.76. The largest absolute Gasteiger partial charge is 0.337 e. The first-order valence-corrected chi connectivity index (χ1v) is 10.1. The van der Waals surface area contributed by atoms with E-state index in [1.165, 1.54) is 6.07 Å². The number of aryl methyl sites for hydroxylation is 2. The summed E-state index contributed by atoms with van der Waals surface area (Å²) in [6, 6.07) is 10.9. The monoisotopic (exact) mass is 423 g/mol. The molecule has 3 aromatic rings. The predicted octanol–water partition coefficient (Wildman–Crippen LogP) is 2.78. The van der Waals surface area contributed by atoms with Crippen molar-refractivity contribution in [1.82, 2.24) is 20.1 Å². The lowest BCUT2D eigenvalue weighted by Crippen LogP contribution is -2.43. The van der Waals surface area contributed by atoms with E-state index in [1.54, 1.807) is 4.68 Å². The van der Waals surface area contributed by atoms with Crippen molar-refractivity contribution in [2.75, 3.05) is 5.32 Å². The fourth-order valence-corrected chi connectivity index (χ4v) is 4.22. The third kappa shape index (κ3) is 3.56. The van der Waals surface area contributed by atoms with Crippen LogP contribution in [0.5, 0.6) is 0 Å². The second kappa shape index (κ2) is 7.57. The van der Waals surface area contributed by atoms with Crippen LogP contribution in [0.2, 0.25) is 0 Å². The van der Waals surface area contributed by atoms with E-state index in [2.05, 4.69) is 20.7 Å². The van der Waals surface area contributed by atoms with Gasteiger partial charge in [0.05, 0.1) is 5.69 Å². The smallest absolute Gasteiger partial charge is 0.291 e. The molecule has 7 nitrogen and oxygen atoms in total. The maximum atomic E-state index is 14.0. The van der Waals surface area contributed by atoms with E-state index >= 15 is 0 Å². The number of amides is 2. The zero-order chi connectivity index (χ0) is 21.5. The number of carbonyl (C=O) groups excluding carboxylic acids is 2. The fraction of sp³-hybridized carbons (Fsp3) is 0.273. The second-order valence-corrected chi connectivity index (χ2v) is 7.74. The second-order valence-electron chi connectivity index (χ2n) is 7.74. The number of nitrogens with zero attached hydrogens (tertiary/aromatic N) is 3. The molecule has 9 heteroatoms. The molecular formula is C22H19F2N5O2. The Bertz CT molecular complexity index is 1180. The van der Waals surface area contributed by atoms with Crippen molar-refractivity contribution in [3.63, 3.8) is 0 Å². The highest BCUT2D eigenvalue weighted by Crippen LogP contribution is 2.32. The highest BCUT2D eigenvalue weighted by Gasteiger charge is 2.32. The Balaban J connectivity index is 1.32. The number of halogens is 2. The average Bonchev–Trinajstić information content (AvgIpc) is 3.30. The topological polar surface area (TPSA) is 88.9 Å². The maximum absolute atomic E-state index is 14.0. The molecule has 0 radical (unpaired) electrons. The van der Waals surface area contributed by atoms with Crippen molar-refractivity contribution in [2.45, 2.75) is 37.8 Å². The van der Waals surface area contributed by atoms with Crippen LogP contribution < -0.4 is 10.6 Å². The Morgan fingerprint density at radius 3 is 2.77 bits per heavy atom. The first-order chi connectivity index (χ1) is 15.0. The van der Waals surface area contributed by atoms with Crippen LogP contribution in [0.25, 0.3) is 0 Å². The van der Waals surface area contributed by atoms with Crippen molar-refractivity contribution in [3.8, 4) is 0 Å². The Morgan fingerprint density at radius 2 is 1.97 bits per heavy atom. The molecule has 3 heterocycles. The molecule has 0 fully saturated rings. The van der Waals surface area contributed by atoms with Crippen molar-refractivity contribution in [2.24, 2.45) is 0 Å². The lowest BCUT2D eigenvalue weighted by atomic mass is 9.97. The quantitative estimate of drug-likeness (QED) is 0.678. The van der Waals surface area contributed by atoms with Gasteiger partial charge in [0.25, 0.3) is 5.91 Å². The number of nitrogens with one attached hydrogen (secondary N) is 2. The van der Waals surface area contributed by atoms with Gasteiger partial charge in [0.15, 0.2) is 0 Å². The number of hydrogen-bond donors (Lipinski definition) is 2. The zero-order valence-corrected chi connectivity index (χ0v) is 16.4. The van der Waals surface area contributed by atoms with E-state index in [1.807, 2.05) is 30.3 Å². The third-order valence-corrected chi connectivity index (χ3v) is 5.76. The van der Waals surface area contributed by atoms with E-state index < -0.39 is 29.5 Å². The number of fused-ring (bicyclic) bond motifs is 2. The minimum Gasteiger partial charge on any atom is -0.337 e. The molecule has 5 rings (SSSR count). The van der Waals surface area contributed by atoms with Crippen LogP contribution >= 0.6 is 0 Å². The van der Waals surface area contributed by atoms with Gasteiger partial charge in [-0.05, 0) is 36.5 Å². The minimum atomic E-state index is -0.911. The molecule has 158 valence electrons. The Kier molecular flexibility index (Phi) is 4.72. The summed E-state index contributed by atoms with van der Waals surface area (Å²) in [7, 11) is 0. The molecular weight excluding hydrogens is 404 g/mol. The number of benzene rings is 2. The predicted molar refractivity (Wildman–Crippen MR) is 107 cm³/mol. The first kappa shape index (κ1) is 19.3. The van der Waals surface area contributed by atoms with Gasteiger partial charge in [-0.15, -0.1) is 5.10 Å². The number of aromatic nitrogens is 3. The fourth-order valence-electron chi connectivity index (χ4n) is 4.22. The summed E-state index contributed by atoms with van der Waals surface area (Å²) >= 11 is 0. The van der Waals surface area contributed by atoms with Crippen LogP contribution in [-0.4, -0.2) is 32.6 Å². The number of anilines is 1. The number of hydrogen-bond acceptors (Lipinski definition) is 4. The van der Waals surface area contributed by atoms with Crippen LogP contribution in [0.15, 0.2) is 42.5 Å². The van der Waals surface area contributed by atoms with Crippen molar-refractivity contribution in [1.29, 1.82) is 0 Å². The zero-order valence-electron chi connectivity index (χ0n) is 16.4. The van der Waals surface area contributed by atoms with E-state index in [4.69, 9.17) is 0 Å². The van der Waals surface area contributed by atoms with Gasteiger partial charge in [-0.1, -0.05) is 30.3 Å². The van der Waals surface area contributed by atoms with Crippen LogP contribution in [0.1, 0.15) is 46.3 Å². The van der Waals surface area contributed by atoms with Crippen molar-refractivity contribution >= 4 is 17.5 Å². The van der Waals surface area contributed by atoms with Crippen molar-refractivity contribution in [3.05, 3.63) is 76.9 Å². The van der Waals surface area contributed by atoms with E-state index in [-0.39, 0.29) is 30.3 Å². The summed E-state index contributed by atoms with van der Waals surface area (Å²) in [5.74, 6) is -1.93. The van der Waals surface area contributed by atoms with E-state index in [0.717, 1.165) is 18.1 Å². The normalized spacial score (nSPS) is 19.9. The van der Waals surface area contributed by atoms with Gasteiger partial charge in [-0.25, -0.2) is 18.4 Å². The molecule has 2 amide bonds. The molecule has 31 heavy (non-hydrogen) atoms. The summed E-state index contributed by atoms with van der Waals surface area (Å²) in [4.78, 5) is 29.7. The van der Waals surface area contributed by atoms with Gasteiger partial charge < -0.3 is 10.6 Å². The lowest BCUT2D eigenvalue weighted by molar-refractivity contribution is -0.118. The van der Waals surface area contributed by atoms with Gasteiger partial charge in [0, 0.05) is 18.5 Å². The number of rotatable bonds is 3. The summed E-state index contributed by atoms with van der Waals surface area (Å²) in [6.45, 7) is 0.652. The van der Waals surface area contributed by atoms with Gasteiger partial charge in [-0.3, -0.25) is 9.59 Å². The molecule has 0 unspecified atom stereocenters. The molecule has 2 atom stereocenters. The summed E-state index contributed by atoms with van der Waals surface area (Å²) in [5.41, 5.74) is 1.41. The maximum Gasteiger partial charge on any atom is 0.291 e. The molecule has 0 bridgehead atoms. The van der Waals surface area contributed by atoms with Crippen LogP contribution in [0, 0.1) is 11.6 Å². The number of carbonyl (C=O) groups is 2. The van der Waals surface area contributed by atoms with E-state index in [0.29, 0.717) is 17.9 Å². The van der Waals surface area contributed by atoms with Crippen LogP contribution in [-0.2, 0) is 17.8 Å². The average molecular weight is 423 g/mol. The highest BCUT2D eigenvalue weighted by atomic mass is 19.1. The highest BCUT2D eigenvalue weighted by molar-refractivity contribution is 6.00. The molecule has 2 aliphatic rings. The molecule has 0 aliphatic carbocycles. The first-order valence-electron chi connectivity index (χ1n) is 10.1. The molecule has 2 N–H and O–H groups in total. The Morgan fingerprint density at radius 1 is 1.16 bits per heavy atom. The SMILES string of the molecule is O=C(N[C@H]1CCc2cc(F)cc(F)c2NC1=O)c1nc2n(n1)CC[C@@H]2c1ccccc1. The van der Waals surface area contributed by atoms with Crippen LogP contribution in [0.3, 0.4) is 0 Å². The molecule has 1 aromatic heterocycles. The molecule has 0 saturated heterocycles. The molecule has 2 aliphatic heterocycles. The Labute approximate surface area is 176 Å². The summed E-state index contributed by atoms with van der Waals surface area (Å²) in [5, 5.41) is 9.38. The minimum absolute atomic E-state index is 0.0117. The standard InChI is InChI=1S/C22H19F2N5O2/c23-14-10-13-6-7-17(21(30)26-18(13)16(24)11-14)25-22(31)19-27-20-15(8-9-29(20)28-19)12-4-2-1-3-5-12/h1-5,10-11,15,17H,6-9H2,(H,25,31)(H,26,30)/t15-,17+/m1/s1. The Hall–Kier alpha value is -3.62. The van der Waals surface area contributed by atoms with Gasteiger partial charge in [-0.2, -0.15) is 0 Å². The molecule has 0 spiro atoms. The van der Waals surface area contributed by atoms with Crippen molar-refractivity contribution < 1.29 is 18.4 Å². The van der Waals surface area contributed by atoms with Gasteiger partial charge in [0.2, 0.25) is 11.7 Å². The summed E-state index contributed by atoms with van der Waals surface area (Å²) < 4.78 is 29.3. The molecule has 0 saturated carbocycles.